The van der Waals surface area contributed by atoms with Crippen molar-refractivity contribution in [2.24, 2.45) is 0 Å². The SMILES string of the molecule is COCC[N+]1=C(C=CC=CC=CC=C2N(CCCCCC(=O)NCCN3C(=O)C=CC3=O)c3ccc(S(=O)(=O)[O-])cc3C2(C)CCOC)C(C)(CCCS(=O)(=O)[O-])c2cc(S(=O)(=O)[O-])ccc21. The van der Waals surface area contributed by atoms with Crippen molar-refractivity contribution < 1.29 is 67.3 Å². The first-order valence-corrected chi connectivity index (χ1v) is 26.0. The molecule has 3 aliphatic rings. The Kier molecular flexibility index (Phi) is 17.6. The fourth-order valence-corrected chi connectivity index (χ4v) is 10.2. The van der Waals surface area contributed by atoms with Crippen molar-refractivity contribution >= 4 is 65.2 Å². The topological polar surface area (TPSA) is 263 Å². The summed E-state index contributed by atoms with van der Waals surface area (Å²) in [4.78, 5) is 38.4. The molecular weight excluding hydrogens is 929 g/mol. The minimum Gasteiger partial charge on any atom is -0.748 e. The number of methoxy groups -OCH3 is 2. The third kappa shape index (κ3) is 13.1. The van der Waals surface area contributed by atoms with Gasteiger partial charge in [-0.15, -0.1) is 0 Å². The number of benzene rings is 2. The molecule has 3 amide bonds. The zero-order valence-corrected chi connectivity index (χ0v) is 40.3. The number of fused-ring (bicyclic) bond motifs is 2. The van der Waals surface area contributed by atoms with Gasteiger partial charge >= 0.3 is 0 Å². The van der Waals surface area contributed by atoms with Crippen LogP contribution in [0.2, 0.25) is 0 Å². The number of allylic oxidation sites excluding steroid dienone is 8. The molecule has 0 aliphatic carbocycles. The van der Waals surface area contributed by atoms with E-state index in [2.05, 4.69) is 10.2 Å². The first-order valence-electron chi connectivity index (χ1n) is 21.6. The average Bonchev–Trinajstić information content (AvgIpc) is 3.79. The number of nitrogens with one attached hydrogen (secondary N) is 1. The number of rotatable bonds is 25. The number of imide groups is 1. The van der Waals surface area contributed by atoms with Crippen LogP contribution in [0.1, 0.15) is 69.9 Å². The summed E-state index contributed by atoms with van der Waals surface area (Å²) in [6, 6.07) is 8.39. The molecule has 1 N–H and O–H groups in total. The molecule has 0 radical (unpaired) electrons. The van der Waals surface area contributed by atoms with E-state index < -0.39 is 63.6 Å². The summed E-state index contributed by atoms with van der Waals surface area (Å²) in [5, 5.41) is 2.74. The summed E-state index contributed by atoms with van der Waals surface area (Å²) in [6.07, 6.45) is 17.6. The zero-order valence-electron chi connectivity index (χ0n) is 37.8. The number of amides is 3. The van der Waals surface area contributed by atoms with E-state index in [1.807, 2.05) is 23.7 Å². The number of ether oxygens (including phenoxy) is 2. The van der Waals surface area contributed by atoms with Crippen molar-refractivity contribution in [3.8, 4) is 0 Å². The van der Waals surface area contributed by atoms with Crippen molar-refractivity contribution in [1.82, 2.24) is 10.2 Å². The van der Waals surface area contributed by atoms with Crippen LogP contribution in [0.3, 0.4) is 0 Å². The number of unbranched alkanes of at least 4 members (excludes halogenated alkanes) is 2. The van der Waals surface area contributed by atoms with Crippen LogP contribution in [0.4, 0.5) is 11.4 Å². The largest absolute Gasteiger partial charge is 0.748 e. The Morgan fingerprint density at radius 2 is 1.36 bits per heavy atom. The predicted molar refractivity (Wildman–Crippen MR) is 246 cm³/mol. The number of carbonyl (C=O) groups is 3. The molecule has 0 saturated carbocycles. The minimum absolute atomic E-state index is 0.0265. The molecular formula is C46H56N4O14S3-2. The molecule has 18 nitrogen and oxygen atoms in total. The van der Waals surface area contributed by atoms with Gasteiger partial charge in [0.05, 0.1) is 25.3 Å². The Morgan fingerprint density at radius 1 is 0.731 bits per heavy atom. The lowest BCUT2D eigenvalue weighted by Gasteiger charge is -2.30. The van der Waals surface area contributed by atoms with E-state index in [-0.39, 0.29) is 49.8 Å². The number of hydrogen-bond acceptors (Lipinski definition) is 15. The number of hydrogen-bond donors (Lipinski definition) is 1. The van der Waals surface area contributed by atoms with Crippen molar-refractivity contribution in [2.75, 3.05) is 64.3 Å². The summed E-state index contributed by atoms with van der Waals surface area (Å²) in [5.74, 6) is -1.68. The Morgan fingerprint density at radius 3 is 2.00 bits per heavy atom. The molecule has 2 aromatic rings. The maximum atomic E-state index is 12.5. The van der Waals surface area contributed by atoms with E-state index in [0.29, 0.717) is 67.9 Å². The lowest BCUT2D eigenvalue weighted by molar-refractivity contribution is -0.441. The average molecular weight is 985 g/mol. The van der Waals surface area contributed by atoms with Crippen molar-refractivity contribution in [1.29, 1.82) is 0 Å². The number of carbonyl (C=O) groups excluding carboxylic acids is 3. The molecule has 2 atom stereocenters. The van der Waals surface area contributed by atoms with Gasteiger partial charge in [-0.05, 0) is 87.9 Å². The minimum atomic E-state index is -4.83. The third-order valence-electron chi connectivity index (χ3n) is 12.2. The maximum Gasteiger partial charge on any atom is 0.253 e. The molecule has 21 heteroatoms. The highest BCUT2D eigenvalue weighted by Gasteiger charge is 2.48. The van der Waals surface area contributed by atoms with Gasteiger partial charge in [0.2, 0.25) is 11.6 Å². The Bertz CT molecular complexity index is 2730. The highest BCUT2D eigenvalue weighted by molar-refractivity contribution is 7.86. The van der Waals surface area contributed by atoms with E-state index in [0.717, 1.165) is 16.3 Å². The molecule has 67 heavy (non-hydrogen) atoms. The molecule has 0 bridgehead atoms. The van der Waals surface area contributed by atoms with E-state index in [1.54, 1.807) is 50.5 Å². The van der Waals surface area contributed by atoms with Crippen LogP contribution < -0.4 is 10.2 Å². The van der Waals surface area contributed by atoms with Gasteiger partial charge in [-0.2, -0.15) is 4.58 Å². The summed E-state index contributed by atoms with van der Waals surface area (Å²) in [7, 11) is -11.1. The van der Waals surface area contributed by atoms with E-state index in [4.69, 9.17) is 9.47 Å². The molecule has 5 rings (SSSR count). The lowest BCUT2D eigenvalue weighted by atomic mass is 9.76. The first-order chi connectivity index (χ1) is 31.5. The van der Waals surface area contributed by atoms with E-state index in [1.165, 1.54) is 49.6 Å². The van der Waals surface area contributed by atoms with Gasteiger partial charge in [-0.1, -0.05) is 36.8 Å². The van der Waals surface area contributed by atoms with Crippen LogP contribution in [0.5, 0.6) is 0 Å². The fourth-order valence-electron chi connectivity index (χ4n) is 8.74. The van der Waals surface area contributed by atoms with Crippen molar-refractivity contribution in [2.45, 2.75) is 79.4 Å². The predicted octanol–water partition coefficient (Wildman–Crippen LogP) is 3.79. The molecule has 3 heterocycles. The van der Waals surface area contributed by atoms with Crippen LogP contribution in [0, 0.1) is 0 Å². The third-order valence-corrected chi connectivity index (χ3v) is 14.6. The van der Waals surface area contributed by atoms with E-state index in [9.17, 15) is 53.3 Å². The second-order valence-electron chi connectivity index (χ2n) is 16.7. The zero-order chi connectivity index (χ0) is 49.2. The summed E-state index contributed by atoms with van der Waals surface area (Å²) in [6.45, 7) is 5.40. The Balaban J connectivity index is 1.37. The number of anilines is 1. The molecule has 3 aliphatic heterocycles. The second kappa shape index (κ2) is 22.3. The van der Waals surface area contributed by atoms with Crippen molar-refractivity contribution in [3.63, 3.8) is 0 Å². The van der Waals surface area contributed by atoms with Crippen molar-refractivity contribution in [3.05, 3.63) is 108 Å². The molecule has 0 fully saturated rings. The van der Waals surface area contributed by atoms with Gasteiger partial charge in [0.15, 0.2) is 12.3 Å². The molecule has 2 aromatic carbocycles. The molecule has 0 saturated heterocycles. The molecule has 0 spiro atoms. The normalized spacial score (nSPS) is 20.5. The van der Waals surface area contributed by atoms with Crippen LogP contribution in [-0.4, -0.2) is 131 Å². The Hall–Kier alpha value is -5.13. The van der Waals surface area contributed by atoms with Gasteiger partial charge < -0.3 is 33.3 Å². The first kappa shape index (κ1) is 52.8. The maximum absolute atomic E-state index is 12.5. The smallest absolute Gasteiger partial charge is 0.253 e. The highest BCUT2D eigenvalue weighted by atomic mass is 32.2. The molecule has 364 valence electrons. The Labute approximate surface area is 392 Å². The lowest BCUT2D eigenvalue weighted by Crippen LogP contribution is -2.38. The van der Waals surface area contributed by atoms with Crippen LogP contribution in [-0.2, 0) is 65.0 Å². The van der Waals surface area contributed by atoms with Gasteiger partial charge in [-0.3, -0.25) is 19.3 Å². The van der Waals surface area contributed by atoms with Gasteiger partial charge in [0.1, 0.15) is 26.8 Å². The van der Waals surface area contributed by atoms with Gasteiger partial charge in [0.25, 0.3) is 11.8 Å². The summed E-state index contributed by atoms with van der Waals surface area (Å²) >= 11 is 0. The quantitative estimate of drug-likeness (QED) is 0.0488. The monoisotopic (exact) mass is 984 g/mol. The van der Waals surface area contributed by atoms with Crippen LogP contribution >= 0.6 is 0 Å². The summed E-state index contributed by atoms with van der Waals surface area (Å²) < 4.78 is 120. The molecule has 2 unspecified atom stereocenters. The van der Waals surface area contributed by atoms with Crippen LogP contribution in [0.15, 0.2) is 107 Å². The fraction of sp³-hybridized carbons (Fsp3) is 0.435. The number of nitrogens with zero attached hydrogens (tertiary/aromatic N) is 3. The molecule has 0 aromatic heterocycles. The van der Waals surface area contributed by atoms with E-state index >= 15 is 0 Å². The standard InChI is InChI=1S/C46H58N4O14S3/c1-45(23-13-31-65(54,55)56)36-32-34(66(57,58)59)18-20-39(36)49(28-30-64-4)40(45)14-9-6-5-7-10-15-41-46(2,24-29-63-3)37-33-35(67(60,61)62)17-19-38(37)48(41)26-12-8-11-16-42(51)47-25-27-50-43(52)21-22-44(50)53/h5-7,9-10,14-15,17-22,32-33H,8,11-13,16,23-31H2,1-4H3,(H3-,47,51,54,55,56,57,58,59,60,61,62)/p-2. The van der Waals surface area contributed by atoms with Crippen LogP contribution in [0.25, 0.3) is 0 Å². The highest BCUT2D eigenvalue weighted by Crippen LogP contribution is 2.51. The second-order valence-corrected chi connectivity index (χ2v) is 21.0. The summed E-state index contributed by atoms with van der Waals surface area (Å²) in [5.41, 5.74) is 2.18. The van der Waals surface area contributed by atoms with Gasteiger partial charge in [-0.25, -0.2) is 25.3 Å². The van der Waals surface area contributed by atoms with Gasteiger partial charge in [0, 0.05) is 99.3 Å².